The largest absolute Gasteiger partial charge is 0.473 e. The molecule has 34 valence electrons. The molecule has 0 aliphatic heterocycles. The van der Waals surface area contributed by atoms with Crippen molar-refractivity contribution in [3.05, 3.63) is 12.8 Å². The Balaban J connectivity index is 0. The fraction of sp³-hybridized carbons (Fsp3) is 0. The van der Waals surface area contributed by atoms with E-state index in [2.05, 4.69) is 11.5 Å². The van der Waals surface area contributed by atoms with Crippen LogP contribution in [0.3, 0.4) is 0 Å². The molecule has 0 saturated carbocycles. The Bertz CT molecular complexity index is 21.6. The molecule has 5 heavy (non-hydrogen) atoms. The van der Waals surface area contributed by atoms with Gasteiger partial charge in [0.25, 0.3) is 0 Å². The zero-order chi connectivity index (χ0) is 3.41. The van der Waals surface area contributed by atoms with Crippen LogP contribution in [-0.4, -0.2) is 5.26 Å². The van der Waals surface area contributed by atoms with Crippen LogP contribution in [0, 0.1) is 6.58 Å². The number of hydrogen-bond acceptors (Lipinski definition) is 2. The van der Waals surface area contributed by atoms with E-state index in [1.807, 2.05) is 0 Å². The second-order valence-corrected chi connectivity index (χ2v) is 0.241. The van der Waals surface area contributed by atoms with Crippen LogP contribution >= 0.6 is 0 Å². The Labute approximate surface area is 44.6 Å². The van der Waals surface area contributed by atoms with Crippen LogP contribution in [0.4, 0.5) is 0 Å². The summed E-state index contributed by atoms with van der Waals surface area (Å²) in [5.41, 5.74) is 0. The molecule has 2 nitrogen and oxygen atoms in total. The van der Waals surface area contributed by atoms with Gasteiger partial charge in [0.15, 0.2) is 0 Å². The first-order valence-electron chi connectivity index (χ1n) is 0.752. The van der Waals surface area contributed by atoms with Crippen molar-refractivity contribution in [3.63, 3.8) is 0 Å². The first kappa shape index (κ1) is 8.95. The third-order valence-electron chi connectivity index (χ3n) is 0.0609. The summed E-state index contributed by atoms with van der Waals surface area (Å²) >= 11 is 0. The van der Waals surface area contributed by atoms with E-state index >= 15 is 0 Å². The van der Waals surface area contributed by atoms with Crippen LogP contribution in [-0.2, 0) is 26.0 Å². The average Bonchev–Trinajstić information content (AvgIpc) is 1.37. The molecule has 0 aliphatic rings. The predicted molar refractivity (Wildman–Crippen MR) is 12.6 cm³/mol. The quantitative estimate of drug-likeness (QED) is 0.318. The van der Waals surface area contributed by atoms with E-state index in [9.17, 15) is 0 Å². The van der Waals surface area contributed by atoms with Crippen molar-refractivity contribution in [2.75, 3.05) is 0 Å². The minimum Gasteiger partial charge on any atom is -0.473 e. The molecular weight excluding hydrogens is 251 g/mol. The first-order valence-corrected chi connectivity index (χ1v) is 0.752. The zero-order valence-electron chi connectivity index (χ0n) is 2.33. The van der Waals surface area contributed by atoms with Gasteiger partial charge in [-0.05, 0) is 0 Å². The Kier molecular flexibility index (Phi) is 15.9. The Morgan fingerprint density at radius 3 is 2.00 bits per heavy atom. The van der Waals surface area contributed by atoms with Crippen LogP contribution in [0.25, 0.3) is 0 Å². The molecule has 0 aromatic rings. The monoisotopic (exact) mass is 254 g/mol. The van der Waals surface area contributed by atoms with Crippen molar-refractivity contribution in [1.82, 2.24) is 0 Å². The summed E-state index contributed by atoms with van der Waals surface area (Å²) in [5.74, 6) is 0. The van der Waals surface area contributed by atoms with Gasteiger partial charge in [0.05, 0.1) is 0 Å². The molecule has 0 bridgehead atoms. The zero-order valence-corrected chi connectivity index (χ0v) is 4.60. The second kappa shape index (κ2) is 8.89. The van der Waals surface area contributed by atoms with Crippen LogP contribution < -0.4 is 0 Å². The van der Waals surface area contributed by atoms with Crippen molar-refractivity contribution < 1.29 is 31.2 Å². The van der Waals surface area contributed by atoms with Crippen molar-refractivity contribution >= 4 is 0 Å². The summed E-state index contributed by atoms with van der Waals surface area (Å²) in [6.07, 6.45) is 0.681. The van der Waals surface area contributed by atoms with Gasteiger partial charge in [-0.25, -0.2) is 5.26 Å². The summed E-state index contributed by atoms with van der Waals surface area (Å²) in [4.78, 5) is 3.19. The van der Waals surface area contributed by atoms with Gasteiger partial charge in [-0.3, -0.25) is 0 Å². The summed E-state index contributed by atoms with van der Waals surface area (Å²) in [7, 11) is 0. The third-order valence-corrected chi connectivity index (χ3v) is 0.0609. The minimum absolute atomic E-state index is 0. The van der Waals surface area contributed by atoms with Gasteiger partial charge in [0.2, 0.25) is 0 Å². The van der Waals surface area contributed by atoms with E-state index in [0.29, 0.717) is 6.26 Å². The number of rotatable bonds is 1. The molecule has 0 atom stereocenters. The molecule has 0 amide bonds. The molecule has 0 heterocycles. The van der Waals surface area contributed by atoms with Crippen LogP contribution in [0.1, 0.15) is 0 Å². The molecule has 0 unspecified atom stereocenters. The van der Waals surface area contributed by atoms with Gasteiger partial charge in [0.1, 0.15) is 0 Å². The molecule has 0 aromatic heterocycles. The van der Waals surface area contributed by atoms with E-state index in [0.717, 1.165) is 0 Å². The average molecular weight is 254 g/mol. The van der Waals surface area contributed by atoms with Crippen molar-refractivity contribution in [2.45, 2.75) is 0 Å². The van der Waals surface area contributed by atoms with Gasteiger partial charge in [-0.1, -0.05) is 6.26 Å². The normalized spacial score (nSPS) is 4.20. The van der Waals surface area contributed by atoms with Crippen LogP contribution in [0.5, 0.6) is 0 Å². The molecule has 3 heteroatoms. The van der Waals surface area contributed by atoms with Gasteiger partial charge in [-0.15, -0.1) is 0 Å². The summed E-state index contributed by atoms with van der Waals surface area (Å²) in [6.45, 7) is 4.43. The predicted octanol–water partition coefficient (Wildman–Crippen LogP) is 0.420. The SMILES string of the molecule is [CH-]=COO.[Pt]. The Morgan fingerprint density at radius 1 is 1.80 bits per heavy atom. The van der Waals surface area contributed by atoms with E-state index < -0.39 is 0 Å². The van der Waals surface area contributed by atoms with E-state index in [-0.39, 0.29) is 21.1 Å². The van der Waals surface area contributed by atoms with Crippen molar-refractivity contribution in [2.24, 2.45) is 0 Å². The van der Waals surface area contributed by atoms with E-state index in [1.165, 1.54) is 0 Å². The summed E-state index contributed by atoms with van der Waals surface area (Å²) < 4.78 is 0. The van der Waals surface area contributed by atoms with Gasteiger partial charge in [-0.2, -0.15) is 0 Å². The fourth-order valence-corrected chi connectivity index (χ4v) is 0. The molecule has 0 aliphatic carbocycles. The molecule has 0 rings (SSSR count). The maximum Gasteiger partial charge on any atom is 0 e. The standard InChI is InChI=1S/C2H3O2.Pt/c1-2-4-3;/h1-3H;/q-1;. The molecule has 0 fully saturated rings. The Morgan fingerprint density at radius 2 is 2.00 bits per heavy atom. The molecular formula is C2H3O2Pt-. The first-order chi connectivity index (χ1) is 1.91. The van der Waals surface area contributed by atoms with Gasteiger partial charge < -0.3 is 11.5 Å². The maximum atomic E-state index is 7.19. The fourth-order valence-electron chi connectivity index (χ4n) is 0. The summed E-state index contributed by atoms with van der Waals surface area (Å²) in [6, 6.07) is 0. The topological polar surface area (TPSA) is 29.5 Å². The third kappa shape index (κ3) is 14.2. The number of hydrogen-bond donors (Lipinski definition) is 1. The van der Waals surface area contributed by atoms with Crippen LogP contribution in [0.2, 0.25) is 0 Å². The maximum absolute atomic E-state index is 7.19. The van der Waals surface area contributed by atoms with Gasteiger partial charge >= 0.3 is 0 Å². The van der Waals surface area contributed by atoms with Crippen molar-refractivity contribution in [3.8, 4) is 0 Å². The second-order valence-electron chi connectivity index (χ2n) is 0.241. The smallest absolute Gasteiger partial charge is 0 e. The van der Waals surface area contributed by atoms with Gasteiger partial charge in [0, 0.05) is 21.1 Å². The van der Waals surface area contributed by atoms with E-state index in [4.69, 9.17) is 5.26 Å². The van der Waals surface area contributed by atoms with Crippen molar-refractivity contribution in [1.29, 1.82) is 0 Å². The molecule has 0 spiro atoms. The van der Waals surface area contributed by atoms with E-state index in [1.54, 1.807) is 0 Å². The molecule has 0 aromatic carbocycles. The van der Waals surface area contributed by atoms with Crippen LogP contribution in [0.15, 0.2) is 6.26 Å². The molecule has 0 saturated heterocycles. The Hall–Kier alpha value is 0.188. The summed E-state index contributed by atoms with van der Waals surface area (Å²) in [5, 5.41) is 7.19. The minimum atomic E-state index is 0. The molecule has 0 radical (unpaired) electrons. The molecule has 1 N–H and O–H groups in total.